The maximum atomic E-state index is 14.9. The minimum Gasteiger partial charge on any atom is -0.455 e. The molecule has 52 heavy (non-hydrogen) atoms. The zero-order valence-electron chi connectivity index (χ0n) is 30.6. The number of likely N-dealkylation sites (N-methyl/N-ethyl adjacent to an activating group) is 1. The van der Waals surface area contributed by atoms with E-state index in [4.69, 9.17) is 9.47 Å². The number of fused-ring (bicyclic) bond motifs is 1. The van der Waals surface area contributed by atoms with Crippen molar-refractivity contribution in [1.29, 1.82) is 0 Å². The molecule has 3 amide bonds. The monoisotopic (exact) mass is 777 g/mol. The summed E-state index contributed by atoms with van der Waals surface area (Å²) < 4.78 is 13.2. The van der Waals surface area contributed by atoms with E-state index in [1.807, 2.05) is 81.4 Å². The molecule has 3 saturated heterocycles. The molecule has 2 bridgehead atoms. The van der Waals surface area contributed by atoms with Crippen LogP contribution in [0.1, 0.15) is 63.7 Å². The number of carbonyl (C=O) groups is 4. The fourth-order valence-corrected chi connectivity index (χ4v) is 9.26. The smallest absolute Gasteiger partial charge is 0.313 e. The molecule has 1 N–H and O–H groups in total. The highest BCUT2D eigenvalue weighted by molar-refractivity contribution is 9.09. The zero-order valence-corrected chi connectivity index (χ0v) is 32.2. The third-order valence-corrected chi connectivity index (χ3v) is 11.7. The van der Waals surface area contributed by atoms with E-state index >= 15 is 0 Å². The molecular weight excluding hydrogens is 726 g/mol. The van der Waals surface area contributed by atoms with Crippen molar-refractivity contribution in [3.05, 3.63) is 97.1 Å². The highest BCUT2D eigenvalue weighted by Gasteiger charge is 2.77. The second kappa shape index (κ2) is 16.9. The van der Waals surface area contributed by atoms with Crippen molar-refractivity contribution in [2.45, 2.75) is 93.8 Å². The maximum Gasteiger partial charge on any atom is 0.313 e. The fourth-order valence-electron chi connectivity index (χ4n) is 8.32. The highest BCUT2D eigenvalue weighted by Crippen LogP contribution is 2.61. The lowest BCUT2D eigenvalue weighted by atomic mass is 9.70. The van der Waals surface area contributed by atoms with Gasteiger partial charge < -0.3 is 29.3 Å². The van der Waals surface area contributed by atoms with Crippen molar-refractivity contribution in [3.63, 3.8) is 0 Å². The van der Waals surface area contributed by atoms with Crippen LogP contribution in [0.15, 0.2) is 86.0 Å². The van der Waals surface area contributed by atoms with Crippen LogP contribution in [0.4, 0.5) is 0 Å². The normalized spacial score (nSPS) is 26.4. The summed E-state index contributed by atoms with van der Waals surface area (Å²) in [5.41, 5.74) is 0.267. The van der Waals surface area contributed by atoms with E-state index in [1.165, 1.54) is 4.90 Å². The third kappa shape index (κ3) is 7.63. The van der Waals surface area contributed by atoms with E-state index in [2.05, 4.69) is 29.1 Å². The predicted octanol–water partition coefficient (Wildman–Crippen LogP) is 5.45. The molecule has 2 aromatic rings. The predicted molar refractivity (Wildman–Crippen MR) is 202 cm³/mol. The van der Waals surface area contributed by atoms with Crippen LogP contribution in [0.3, 0.4) is 0 Å². The molecule has 10 nitrogen and oxygen atoms in total. The summed E-state index contributed by atoms with van der Waals surface area (Å²) in [4.78, 5) is 61.9. The first-order chi connectivity index (χ1) is 24.9. The van der Waals surface area contributed by atoms with Gasteiger partial charge in [0.05, 0.1) is 36.6 Å². The Morgan fingerprint density at radius 3 is 2.33 bits per heavy atom. The Labute approximate surface area is 315 Å². The fraction of sp³-hybridized carbons (Fsp3) is 0.512. The van der Waals surface area contributed by atoms with Gasteiger partial charge in [0.1, 0.15) is 17.7 Å². The Morgan fingerprint density at radius 1 is 1.08 bits per heavy atom. The number of hydrogen-bond donors (Lipinski definition) is 1. The van der Waals surface area contributed by atoms with E-state index in [0.717, 1.165) is 5.56 Å². The van der Waals surface area contributed by atoms with E-state index in [1.54, 1.807) is 29.0 Å². The van der Waals surface area contributed by atoms with Crippen LogP contribution >= 0.6 is 15.9 Å². The Hall–Kier alpha value is -3.80. The summed E-state index contributed by atoms with van der Waals surface area (Å²) in [7, 11) is 1.69. The summed E-state index contributed by atoms with van der Waals surface area (Å²) in [6.07, 6.45) is 3.30. The number of ether oxygens (including phenoxy) is 2. The van der Waals surface area contributed by atoms with E-state index in [-0.39, 0.29) is 48.7 Å². The van der Waals surface area contributed by atoms with Crippen molar-refractivity contribution >= 4 is 39.6 Å². The largest absolute Gasteiger partial charge is 0.455 e. The van der Waals surface area contributed by atoms with Crippen LogP contribution in [-0.4, -0.2) is 98.4 Å². The van der Waals surface area contributed by atoms with Crippen molar-refractivity contribution < 1.29 is 33.8 Å². The first kappa shape index (κ1) is 39.4. The molecule has 2 aromatic carbocycles. The lowest BCUT2D eigenvalue weighted by Crippen LogP contribution is -2.59. The number of carbonyl (C=O) groups excluding carboxylic acids is 4. The van der Waals surface area contributed by atoms with Crippen LogP contribution in [0.5, 0.6) is 0 Å². The van der Waals surface area contributed by atoms with Gasteiger partial charge in [-0.25, -0.2) is 0 Å². The number of aliphatic hydroxyl groups excluding tert-OH is 1. The van der Waals surface area contributed by atoms with Crippen molar-refractivity contribution in [3.8, 4) is 0 Å². The molecule has 280 valence electrons. The number of alkyl halides is 1. The molecule has 1 spiro atoms. The molecule has 5 rings (SSSR count). The summed E-state index contributed by atoms with van der Waals surface area (Å²) >= 11 is 3.76. The molecular formula is C41H52BrN3O7. The van der Waals surface area contributed by atoms with Crippen LogP contribution in [0.25, 0.3) is 0 Å². The van der Waals surface area contributed by atoms with E-state index in [0.29, 0.717) is 24.8 Å². The zero-order chi connectivity index (χ0) is 37.7. The number of halogens is 1. The van der Waals surface area contributed by atoms with Crippen LogP contribution in [-0.2, 0) is 35.2 Å². The van der Waals surface area contributed by atoms with Crippen LogP contribution in [0, 0.1) is 17.8 Å². The molecule has 1 unspecified atom stereocenters. The number of nitrogens with zero attached hydrogens (tertiary/aromatic N) is 3. The second-order valence-corrected chi connectivity index (χ2v) is 15.9. The number of hydrogen-bond acceptors (Lipinski definition) is 7. The third-order valence-electron chi connectivity index (χ3n) is 10.8. The number of rotatable bonds is 17. The topological polar surface area (TPSA) is 117 Å². The van der Waals surface area contributed by atoms with Crippen molar-refractivity contribution in [1.82, 2.24) is 14.7 Å². The minimum atomic E-state index is -1.34. The summed E-state index contributed by atoms with van der Waals surface area (Å²) in [5.74, 6) is -3.43. The first-order valence-electron chi connectivity index (χ1n) is 18.2. The quantitative estimate of drug-likeness (QED) is 0.129. The number of benzene rings is 2. The molecule has 0 radical (unpaired) electrons. The molecule has 3 fully saturated rings. The van der Waals surface area contributed by atoms with Crippen molar-refractivity contribution in [2.75, 3.05) is 20.2 Å². The van der Waals surface area contributed by atoms with Gasteiger partial charge in [-0.3, -0.25) is 19.2 Å². The van der Waals surface area contributed by atoms with Crippen molar-refractivity contribution in [2.24, 2.45) is 17.8 Å². The van der Waals surface area contributed by atoms with Gasteiger partial charge in [-0.15, -0.1) is 13.2 Å². The van der Waals surface area contributed by atoms with Gasteiger partial charge in [0, 0.05) is 31.4 Å². The van der Waals surface area contributed by atoms with Gasteiger partial charge in [0.2, 0.25) is 17.7 Å². The van der Waals surface area contributed by atoms with Gasteiger partial charge in [0.25, 0.3) is 0 Å². The summed E-state index contributed by atoms with van der Waals surface area (Å²) in [6, 6.07) is 16.5. The number of likely N-dealkylation sites (tertiary alicyclic amines) is 1. The Morgan fingerprint density at radius 2 is 1.73 bits per heavy atom. The number of amides is 3. The number of esters is 1. The van der Waals surface area contributed by atoms with Gasteiger partial charge in [-0.2, -0.15) is 0 Å². The van der Waals surface area contributed by atoms with Gasteiger partial charge in [-0.1, -0.05) is 103 Å². The average Bonchev–Trinajstić information content (AvgIpc) is 3.74. The SMILES string of the molecule is C=CCCC(=O)N(C)[C@H](C)[C@H](OC(=O)[C@H]1[C@@H]2O[C@@]3(CC2Br)[C@@H]1C(=O)N([C@@H](CO)CC(C)C)[C@@H]3C(=O)N(CC=C)Cc1ccccc1)c1ccccc1. The molecule has 0 aliphatic carbocycles. The second-order valence-electron chi connectivity index (χ2n) is 14.7. The Kier molecular flexibility index (Phi) is 12.8. The van der Waals surface area contributed by atoms with Crippen LogP contribution < -0.4 is 0 Å². The molecule has 0 saturated carbocycles. The summed E-state index contributed by atoms with van der Waals surface area (Å²) in [6.45, 7) is 13.6. The Balaban J connectivity index is 1.54. The lowest BCUT2D eigenvalue weighted by Gasteiger charge is -2.40. The highest BCUT2D eigenvalue weighted by atomic mass is 79.9. The maximum absolute atomic E-state index is 14.9. The standard InChI is InChI=1S/C41H52BrN3O7/c1-7-9-20-32(47)43(6)27(5)35(29-18-14-11-15-19-29)51-40(50)33-34-38(48)45(30(25-46)22-26(3)4)37(41(34)23-31(42)36(33)52-41)39(49)44(21-8-2)24-28-16-12-10-13-17-28/h7-8,10-19,26-27,30-31,33-37,46H,1-2,9,20-25H2,3-6H3/t27-,30-,31?,33-,34+,35+,36-,37-,41+/m1/s1. The number of aliphatic hydroxyl groups is 1. The van der Waals surface area contributed by atoms with Gasteiger partial charge in [-0.05, 0) is 43.2 Å². The van der Waals surface area contributed by atoms with Crippen LogP contribution in [0.2, 0.25) is 0 Å². The average molecular weight is 779 g/mol. The first-order valence-corrected chi connectivity index (χ1v) is 19.1. The number of allylic oxidation sites excluding steroid dienone is 1. The van der Waals surface area contributed by atoms with E-state index < -0.39 is 59.6 Å². The molecule has 3 aliphatic heterocycles. The van der Waals surface area contributed by atoms with Gasteiger partial charge in [0.15, 0.2) is 0 Å². The molecule has 3 aliphatic rings. The lowest BCUT2D eigenvalue weighted by molar-refractivity contribution is -0.165. The summed E-state index contributed by atoms with van der Waals surface area (Å²) in [5, 5.41) is 10.7. The Bertz CT molecular complexity index is 1610. The van der Waals surface area contributed by atoms with Gasteiger partial charge >= 0.3 is 5.97 Å². The molecule has 9 atom stereocenters. The molecule has 0 aromatic heterocycles. The molecule has 11 heteroatoms. The molecule has 3 heterocycles. The van der Waals surface area contributed by atoms with E-state index in [9.17, 15) is 24.3 Å². The minimum absolute atomic E-state index is 0.105.